The molecule has 136 valence electrons. The molecule has 0 spiro atoms. The first-order valence-electron chi connectivity index (χ1n) is 8.66. The van der Waals surface area contributed by atoms with Gasteiger partial charge in [-0.3, -0.25) is 9.59 Å². The summed E-state index contributed by atoms with van der Waals surface area (Å²) in [5.74, 6) is 1.35. The number of benzene rings is 2. The van der Waals surface area contributed by atoms with Gasteiger partial charge in [-0.1, -0.05) is 12.1 Å². The molecule has 0 unspecified atom stereocenters. The Labute approximate surface area is 152 Å². The van der Waals surface area contributed by atoms with Gasteiger partial charge in [0.2, 0.25) is 11.8 Å². The van der Waals surface area contributed by atoms with Crippen molar-refractivity contribution in [1.29, 1.82) is 0 Å². The number of fused-ring (bicyclic) bond motifs is 1. The van der Waals surface area contributed by atoms with E-state index in [2.05, 4.69) is 10.6 Å². The molecular weight excluding hydrogens is 332 g/mol. The van der Waals surface area contributed by atoms with Crippen LogP contribution in [0.4, 0.5) is 11.4 Å². The van der Waals surface area contributed by atoms with Gasteiger partial charge in [-0.25, -0.2) is 0 Å². The quantitative estimate of drug-likeness (QED) is 0.834. The molecule has 2 aromatic rings. The van der Waals surface area contributed by atoms with Crippen LogP contribution in [0.2, 0.25) is 0 Å². The molecular formula is C20H22N2O4. The standard InChI is InChI=1S/C20H22N2O4/c1-14(23)21-16-5-3-6-17(13-16)22-20(24)7-2-4-15-8-9-18-19(12-15)26-11-10-25-18/h3,5-6,8-9,12-13H,2,4,7,10-11H2,1H3,(H,21,23)(H,22,24). The first-order valence-corrected chi connectivity index (χ1v) is 8.66. The second-order valence-electron chi connectivity index (χ2n) is 6.14. The molecule has 1 heterocycles. The van der Waals surface area contributed by atoms with Crippen LogP contribution in [0.5, 0.6) is 11.5 Å². The molecule has 0 fully saturated rings. The van der Waals surface area contributed by atoms with Crippen LogP contribution in [0.1, 0.15) is 25.3 Å². The van der Waals surface area contributed by atoms with E-state index in [1.54, 1.807) is 24.3 Å². The first kappa shape index (κ1) is 17.8. The molecule has 0 saturated heterocycles. The van der Waals surface area contributed by atoms with Crippen LogP contribution in [0.25, 0.3) is 0 Å². The molecule has 1 aliphatic heterocycles. The van der Waals surface area contributed by atoms with E-state index in [-0.39, 0.29) is 11.8 Å². The van der Waals surface area contributed by atoms with Gasteiger partial charge in [0, 0.05) is 24.7 Å². The molecule has 26 heavy (non-hydrogen) atoms. The number of amides is 2. The molecule has 6 heteroatoms. The average molecular weight is 354 g/mol. The van der Waals surface area contributed by atoms with Gasteiger partial charge in [-0.05, 0) is 48.7 Å². The molecule has 3 rings (SSSR count). The Morgan fingerprint density at radius 3 is 2.46 bits per heavy atom. The van der Waals surface area contributed by atoms with Gasteiger partial charge in [0.05, 0.1) is 0 Å². The fourth-order valence-corrected chi connectivity index (χ4v) is 2.80. The molecule has 6 nitrogen and oxygen atoms in total. The average Bonchev–Trinajstić information content (AvgIpc) is 2.61. The lowest BCUT2D eigenvalue weighted by molar-refractivity contribution is -0.116. The van der Waals surface area contributed by atoms with Crippen LogP contribution in [-0.2, 0) is 16.0 Å². The Morgan fingerprint density at radius 1 is 0.962 bits per heavy atom. The summed E-state index contributed by atoms with van der Waals surface area (Å²) < 4.78 is 11.1. The maximum absolute atomic E-state index is 12.1. The maximum Gasteiger partial charge on any atom is 0.224 e. The van der Waals surface area contributed by atoms with Gasteiger partial charge in [0.1, 0.15) is 13.2 Å². The van der Waals surface area contributed by atoms with E-state index in [1.165, 1.54) is 6.92 Å². The fraction of sp³-hybridized carbons (Fsp3) is 0.300. The van der Waals surface area contributed by atoms with Crippen molar-refractivity contribution in [3.8, 4) is 11.5 Å². The molecule has 0 saturated carbocycles. The van der Waals surface area contributed by atoms with E-state index in [4.69, 9.17) is 9.47 Å². The minimum Gasteiger partial charge on any atom is -0.486 e. The summed E-state index contributed by atoms with van der Waals surface area (Å²) in [6, 6.07) is 13.0. The summed E-state index contributed by atoms with van der Waals surface area (Å²) in [5.41, 5.74) is 2.45. The lowest BCUT2D eigenvalue weighted by Crippen LogP contribution is -2.15. The second-order valence-corrected chi connectivity index (χ2v) is 6.14. The fourth-order valence-electron chi connectivity index (χ4n) is 2.80. The number of anilines is 2. The van der Waals surface area contributed by atoms with Gasteiger partial charge in [-0.2, -0.15) is 0 Å². The third kappa shape index (κ3) is 4.99. The third-order valence-corrected chi connectivity index (χ3v) is 3.94. The van der Waals surface area contributed by atoms with Crippen molar-refractivity contribution in [1.82, 2.24) is 0 Å². The zero-order chi connectivity index (χ0) is 18.4. The van der Waals surface area contributed by atoms with Crippen molar-refractivity contribution in [3.05, 3.63) is 48.0 Å². The molecule has 2 N–H and O–H groups in total. The van der Waals surface area contributed by atoms with Crippen LogP contribution in [0.15, 0.2) is 42.5 Å². The van der Waals surface area contributed by atoms with E-state index in [1.807, 2.05) is 18.2 Å². The monoisotopic (exact) mass is 354 g/mol. The van der Waals surface area contributed by atoms with Crippen LogP contribution in [0.3, 0.4) is 0 Å². The summed E-state index contributed by atoms with van der Waals surface area (Å²) in [4.78, 5) is 23.2. The van der Waals surface area contributed by atoms with Crippen molar-refractivity contribution in [2.24, 2.45) is 0 Å². The predicted octanol–water partition coefficient (Wildman–Crippen LogP) is 3.38. The Morgan fingerprint density at radius 2 is 1.69 bits per heavy atom. The van der Waals surface area contributed by atoms with Gasteiger partial charge in [0.15, 0.2) is 11.5 Å². The van der Waals surface area contributed by atoms with Gasteiger partial charge in [-0.15, -0.1) is 0 Å². The van der Waals surface area contributed by atoms with Crippen molar-refractivity contribution in [2.45, 2.75) is 26.2 Å². The highest BCUT2D eigenvalue weighted by molar-refractivity contribution is 5.93. The Kier molecular flexibility index (Phi) is 5.73. The van der Waals surface area contributed by atoms with Crippen LogP contribution >= 0.6 is 0 Å². The molecule has 2 aromatic carbocycles. The number of ether oxygens (including phenoxy) is 2. The first-order chi connectivity index (χ1) is 12.6. The number of carbonyl (C=O) groups is 2. The van der Waals surface area contributed by atoms with E-state index < -0.39 is 0 Å². The highest BCUT2D eigenvalue weighted by Gasteiger charge is 2.12. The topological polar surface area (TPSA) is 76.7 Å². The van der Waals surface area contributed by atoms with Crippen molar-refractivity contribution in [3.63, 3.8) is 0 Å². The molecule has 0 aliphatic carbocycles. The number of carbonyl (C=O) groups excluding carboxylic acids is 2. The maximum atomic E-state index is 12.1. The summed E-state index contributed by atoms with van der Waals surface area (Å²) in [6.07, 6.45) is 1.94. The van der Waals surface area contributed by atoms with Gasteiger partial charge in [0.25, 0.3) is 0 Å². The summed E-state index contributed by atoms with van der Waals surface area (Å²) in [6.45, 7) is 2.59. The minimum absolute atomic E-state index is 0.0532. The van der Waals surface area contributed by atoms with Crippen molar-refractivity contribution >= 4 is 23.2 Å². The molecule has 1 aliphatic rings. The number of nitrogens with one attached hydrogen (secondary N) is 2. The number of hydrogen-bond donors (Lipinski definition) is 2. The van der Waals surface area contributed by atoms with Crippen LogP contribution in [0, 0.1) is 0 Å². The Hall–Kier alpha value is -3.02. The Bertz CT molecular complexity index is 804. The lowest BCUT2D eigenvalue weighted by atomic mass is 10.1. The third-order valence-electron chi connectivity index (χ3n) is 3.94. The largest absolute Gasteiger partial charge is 0.486 e. The normalized spacial score (nSPS) is 12.3. The predicted molar refractivity (Wildman–Crippen MR) is 99.7 cm³/mol. The Balaban J connectivity index is 1.48. The smallest absolute Gasteiger partial charge is 0.224 e. The van der Waals surface area contributed by atoms with Gasteiger partial charge >= 0.3 is 0 Å². The summed E-state index contributed by atoms with van der Waals surface area (Å²) in [7, 11) is 0. The highest BCUT2D eigenvalue weighted by Crippen LogP contribution is 2.31. The number of aryl methyl sites for hydroxylation is 1. The van der Waals surface area contributed by atoms with E-state index in [9.17, 15) is 9.59 Å². The second kappa shape index (κ2) is 8.38. The minimum atomic E-state index is -0.145. The molecule has 0 aromatic heterocycles. The molecule has 0 radical (unpaired) electrons. The zero-order valence-electron chi connectivity index (χ0n) is 14.7. The summed E-state index contributed by atoms with van der Waals surface area (Å²) in [5, 5.41) is 5.55. The SMILES string of the molecule is CC(=O)Nc1cccc(NC(=O)CCCc2ccc3c(c2)OCCO3)c1. The van der Waals surface area contributed by atoms with Crippen molar-refractivity contribution < 1.29 is 19.1 Å². The lowest BCUT2D eigenvalue weighted by Gasteiger charge is -2.18. The number of hydrogen-bond acceptors (Lipinski definition) is 4. The zero-order valence-corrected chi connectivity index (χ0v) is 14.7. The van der Waals surface area contributed by atoms with E-state index in [0.717, 1.165) is 29.9 Å². The van der Waals surface area contributed by atoms with Gasteiger partial charge < -0.3 is 20.1 Å². The molecule has 2 amide bonds. The molecule has 0 atom stereocenters. The van der Waals surface area contributed by atoms with Crippen molar-refractivity contribution in [2.75, 3.05) is 23.8 Å². The number of rotatable bonds is 6. The van der Waals surface area contributed by atoms with Crippen LogP contribution < -0.4 is 20.1 Å². The van der Waals surface area contributed by atoms with E-state index in [0.29, 0.717) is 31.0 Å². The molecule has 0 bridgehead atoms. The summed E-state index contributed by atoms with van der Waals surface area (Å²) >= 11 is 0. The van der Waals surface area contributed by atoms with Crippen LogP contribution in [-0.4, -0.2) is 25.0 Å². The van der Waals surface area contributed by atoms with E-state index >= 15 is 0 Å². The highest BCUT2D eigenvalue weighted by atomic mass is 16.6.